The van der Waals surface area contributed by atoms with Gasteiger partial charge in [-0.3, -0.25) is 9.59 Å². The van der Waals surface area contributed by atoms with E-state index >= 15 is 0 Å². The van der Waals surface area contributed by atoms with Crippen molar-refractivity contribution in [2.24, 2.45) is 29.6 Å². The number of amides is 2. The van der Waals surface area contributed by atoms with Crippen molar-refractivity contribution in [3.05, 3.63) is 0 Å². The van der Waals surface area contributed by atoms with Gasteiger partial charge in [0.1, 0.15) is 0 Å². The molecule has 5 atom stereocenters. The smallest absolute Gasteiger partial charge is 0.223 e. The molecule has 0 saturated heterocycles. The molecule has 2 amide bonds. The van der Waals surface area contributed by atoms with Crippen LogP contribution in [0.25, 0.3) is 0 Å². The van der Waals surface area contributed by atoms with Crippen molar-refractivity contribution < 1.29 is 9.59 Å². The third kappa shape index (κ3) is 3.10. The Morgan fingerprint density at radius 1 is 1.05 bits per heavy atom. The van der Waals surface area contributed by atoms with E-state index in [0.29, 0.717) is 24.3 Å². The van der Waals surface area contributed by atoms with Gasteiger partial charge in [-0.25, -0.2) is 0 Å². The van der Waals surface area contributed by atoms with Gasteiger partial charge in [-0.2, -0.15) is 0 Å². The van der Waals surface area contributed by atoms with Crippen LogP contribution in [0.5, 0.6) is 0 Å². The van der Waals surface area contributed by atoms with E-state index in [0.717, 1.165) is 12.8 Å². The Kier molecular flexibility index (Phi) is 3.27. The molecule has 2 N–H and O–H groups in total. The summed E-state index contributed by atoms with van der Waals surface area (Å²) >= 11 is 0. The normalized spacial score (nSPS) is 37.4. The number of hydrogen-bond acceptors (Lipinski definition) is 2. The Morgan fingerprint density at radius 3 is 2.05 bits per heavy atom. The topological polar surface area (TPSA) is 58.2 Å². The molecule has 106 valence electrons. The lowest BCUT2D eigenvalue weighted by Gasteiger charge is -2.19. The van der Waals surface area contributed by atoms with Gasteiger partial charge in [-0.15, -0.1) is 0 Å². The van der Waals surface area contributed by atoms with E-state index in [-0.39, 0.29) is 29.7 Å². The molecular formula is C15H24N2O2. The average Bonchev–Trinajstić information content (AvgIpc) is 3.17. The van der Waals surface area contributed by atoms with Gasteiger partial charge < -0.3 is 10.6 Å². The van der Waals surface area contributed by atoms with E-state index < -0.39 is 0 Å². The predicted octanol–water partition coefficient (Wildman–Crippen LogP) is 1.31. The molecule has 19 heavy (non-hydrogen) atoms. The van der Waals surface area contributed by atoms with Crippen LogP contribution in [0.4, 0.5) is 0 Å². The number of rotatable bonds is 6. The van der Waals surface area contributed by atoms with Gasteiger partial charge in [0.25, 0.3) is 0 Å². The van der Waals surface area contributed by atoms with Gasteiger partial charge >= 0.3 is 0 Å². The molecule has 0 aliphatic heterocycles. The van der Waals surface area contributed by atoms with Crippen LogP contribution in [-0.2, 0) is 9.59 Å². The van der Waals surface area contributed by atoms with Gasteiger partial charge in [-0.1, -0.05) is 13.8 Å². The third-order valence-electron chi connectivity index (χ3n) is 4.91. The van der Waals surface area contributed by atoms with Gasteiger partial charge in [0.15, 0.2) is 0 Å². The second kappa shape index (κ2) is 4.80. The van der Waals surface area contributed by atoms with E-state index in [1.165, 1.54) is 12.8 Å². The van der Waals surface area contributed by atoms with Crippen LogP contribution in [-0.4, -0.2) is 24.4 Å². The van der Waals surface area contributed by atoms with Crippen molar-refractivity contribution in [2.75, 3.05) is 6.54 Å². The first kappa shape index (κ1) is 12.9. The molecule has 4 nitrogen and oxygen atoms in total. The lowest BCUT2D eigenvalue weighted by atomic mass is 10.1. The fourth-order valence-corrected chi connectivity index (χ4v) is 2.84. The Balaban J connectivity index is 1.45. The number of carbonyl (C=O) groups is 2. The maximum atomic E-state index is 12.0. The van der Waals surface area contributed by atoms with Gasteiger partial charge in [0.05, 0.1) is 0 Å². The van der Waals surface area contributed by atoms with E-state index in [4.69, 9.17) is 0 Å². The molecule has 0 heterocycles. The summed E-state index contributed by atoms with van der Waals surface area (Å²) in [6, 6.07) is 0.151. The second-order valence-corrected chi connectivity index (χ2v) is 6.84. The summed E-state index contributed by atoms with van der Waals surface area (Å²) in [6.07, 6.45) is 4.41. The summed E-state index contributed by atoms with van der Waals surface area (Å²) in [5.41, 5.74) is 0. The molecule has 0 bridgehead atoms. The fraction of sp³-hybridized carbons (Fsp3) is 0.867. The molecule has 0 aromatic carbocycles. The van der Waals surface area contributed by atoms with Gasteiger partial charge in [0, 0.05) is 24.4 Å². The van der Waals surface area contributed by atoms with Crippen LogP contribution < -0.4 is 10.6 Å². The molecule has 4 heteroatoms. The van der Waals surface area contributed by atoms with E-state index in [9.17, 15) is 9.59 Å². The fourth-order valence-electron chi connectivity index (χ4n) is 2.84. The molecule has 0 spiro atoms. The minimum absolute atomic E-state index is 0.151. The summed E-state index contributed by atoms with van der Waals surface area (Å²) in [5, 5.41) is 6.16. The highest BCUT2D eigenvalue weighted by molar-refractivity contribution is 5.83. The number of carbonyl (C=O) groups excluding carboxylic acids is 2. The summed E-state index contributed by atoms with van der Waals surface area (Å²) < 4.78 is 0. The average molecular weight is 264 g/mol. The Bertz CT molecular complexity index is 392. The van der Waals surface area contributed by atoms with Crippen molar-refractivity contribution in [2.45, 2.75) is 45.6 Å². The highest BCUT2D eigenvalue weighted by Gasteiger charge is 2.43. The van der Waals surface area contributed by atoms with Crippen LogP contribution in [0.2, 0.25) is 0 Å². The van der Waals surface area contributed by atoms with Crippen molar-refractivity contribution in [3.63, 3.8) is 0 Å². The zero-order valence-corrected chi connectivity index (χ0v) is 11.8. The summed E-state index contributed by atoms with van der Waals surface area (Å²) in [6.45, 7) is 4.84. The van der Waals surface area contributed by atoms with Crippen LogP contribution >= 0.6 is 0 Å². The monoisotopic (exact) mass is 264 g/mol. The molecule has 3 rings (SSSR count). The predicted molar refractivity (Wildman–Crippen MR) is 72.2 cm³/mol. The lowest BCUT2D eigenvalue weighted by Crippen LogP contribution is -2.46. The molecule has 0 radical (unpaired) electrons. The van der Waals surface area contributed by atoms with Crippen molar-refractivity contribution >= 4 is 11.8 Å². The minimum atomic E-state index is 0.151. The van der Waals surface area contributed by atoms with Crippen LogP contribution in [0.1, 0.15) is 39.5 Å². The van der Waals surface area contributed by atoms with E-state index in [2.05, 4.69) is 24.5 Å². The van der Waals surface area contributed by atoms with Gasteiger partial charge in [0.2, 0.25) is 11.8 Å². The minimum Gasteiger partial charge on any atom is -0.354 e. The van der Waals surface area contributed by atoms with Crippen LogP contribution in [0.3, 0.4) is 0 Å². The van der Waals surface area contributed by atoms with Crippen molar-refractivity contribution in [3.8, 4) is 0 Å². The summed E-state index contributed by atoms with van der Waals surface area (Å²) in [4.78, 5) is 23.8. The Morgan fingerprint density at radius 2 is 1.58 bits per heavy atom. The highest BCUT2D eigenvalue weighted by Crippen LogP contribution is 2.39. The maximum Gasteiger partial charge on any atom is 0.223 e. The summed E-state index contributed by atoms with van der Waals surface area (Å²) in [7, 11) is 0. The van der Waals surface area contributed by atoms with Gasteiger partial charge in [-0.05, 0) is 43.4 Å². The number of hydrogen-bond donors (Lipinski definition) is 2. The lowest BCUT2D eigenvalue weighted by molar-refractivity contribution is -0.125. The van der Waals surface area contributed by atoms with Crippen molar-refractivity contribution in [1.29, 1.82) is 0 Å². The largest absolute Gasteiger partial charge is 0.354 e. The molecule has 3 fully saturated rings. The standard InChI is InChI=1S/C15H24N2O2/c1-8-5-11(8)14(18)16-7-13(10-3-4-10)17-15(19)12-6-9(12)2/h8-13H,3-7H2,1-2H3,(H,16,18)(H,17,19)/t8-,9+,11+,12+,13+/m1/s1. The van der Waals surface area contributed by atoms with Crippen molar-refractivity contribution in [1.82, 2.24) is 10.6 Å². The Labute approximate surface area is 114 Å². The first-order chi connectivity index (χ1) is 9.06. The molecule has 0 aromatic heterocycles. The molecule has 3 aliphatic rings. The highest BCUT2D eigenvalue weighted by atomic mass is 16.2. The second-order valence-electron chi connectivity index (χ2n) is 6.84. The quantitative estimate of drug-likeness (QED) is 0.760. The zero-order chi connectivity index (χ0) is 13.6. The molecule has 3 aliphatic carbocycles. The zero-order valence-electron chi connectivity index (χ0n) is 11.8. The summed E-state index contributed by atoms with van der Waals surface area (Å²) in [5.74, 6) is 2.48. The third-order valence-corrected chi connectivity index (χ3v) is 4.91. The SMILES string of the molecule is C[C@@H]1C[C@@H]1C(=O)NC[C@H](NC(=O)[C@H]1C[C@@H]1C)C1CC1. The molecule has 0 aromatic rings. The first-order valence-electron chi connectivity index (χ1n) is 7.64. The van der Waals surface area contributed by atoms with E-state index in [1.54, 1.807) is 0 Å². The number of nitrogens with one attached hydrogen (secondary N) is 2. The molecular weight excluding hydrogens is 240 g/mol. The van der Waals surface area contributed by atoms with E-state index in [1.807, 2.05) is 0 Å². The maximum absolute atomic E-state index is 12.0. The first-order valence-corrected chi connectivity index (χ1v) is 7.64. The molecule has 3 saturated carbocycles. The Hall–Kier alpha value is -1.06. The van der Waals surface area contributed by atoms with Crippen LogP contribution in [0.15, 0.2) is 0 Å². The molecule has 0 unspecified atom stereocenters. The van der Waals surface area contributed by atoms with Crippen LogP contribution in [0, 0.1) is 29.6 Å².